The Morgan fingerprint density at radius 1 is 1.44 bits per heavy atom. The fourth-order valence-corrected chi connectivity index (χ4v) is 1.96. The summed E-state index contributed by atoms with van der Waals surface area (Å²) in [6.45, 7) is 0. The second-order valence-corrected chi connectivity index (χ2v) is 4.10. The molecule has 0 amide bonds. The third-order valence-electron chi connectivity index (χ3n) is 3.22. The van der Waals surface area contributed by atoms with E-state index in [9.17, 15) is 4.39 Å². The molecule has 2 N–H and O–H groups in total. The van der Waals surface area contributed by atoms with E-state index in [0.717, 1.165) is 12.8 Å². The van der Waals surface area contributed by atoms with E-state index in [2.05, 4.69) is 0 Å². The lowest BCUT2D eigenvalue weighted by Crippen LogP contribution is -2.27. The highest BCUT2D eigenvalue weighted by atomic mass is 35.5. The Kier molecular flexibility index (Phi) is 4.56. The lowest BCUT2D eigenvalue weighted by Gasteiger charge is -2.31. The molecule has 90 valence electrons. The van der Waals surface area contributed by atoms with Gasteiger partial charge in [-0.2, -0.15) is 0 Å². The van der Waals surface area contributed by atoms with Gasteiger partial charge < -0.3 is 10.5 Å². The molecule has 0 aromatic heterocycles. The summed E-state index contributed by atoms with van der Waals surface area (Å²) in [5, 5.41) is 0. The fraction of sp³-hybridized carbons (Fsp3) is 0.500. The number of hydrogen-bond donors (Lipinski definition) is 1. The summed E-state index contributed by atoms with van der Waals surface area (Å²) in [5.74, 6) is 0.735. The highest BCUT2D eigenvalue weighted by Crippen LogP contribution is 2.37. The van der Waals surface area contributed by atoms with E-state index in [0.29, 0.717) is 17.2 Å². The zero-order chi connectivity index (χ0) is 10.8. The highest BCUT2D eigenvalue weighted by molar-refractivity contribution is 5.85. The van der Waals surface area contributed by atoms with Crippen molar-refractivity contribution in [3.8, 4) is 5.75 Å². The van der Waals surface area contributed by atoms with Crippen molar-refractivity contribution >= 4 is 12.4 Å². The first-order valence-corrected chi connectivity index (χ1v) is 5.31. The maximum Gasteiger partial charge on any atom is 0.131 e. The first kappa shape index (κ1) is 13.3. The van der Waals surface area contributed by atoms with Gasteiger partial charge >= 0.3 is 0 Å². The van der Waals surface area contributed by atoms with Crippen LogP contribution in [0.15, 0.2) is 18.2 Å². The van der Waals surface area contributed by atoms with Gasteiger partial charge in [-0.1, -0.05) is 12.5 Å². The molecule has 1 atom stereocenters. The normalized spacial score (nSPS) is 17.2. The van der Waals surface area contributed by atoms with Gasteiger partial charge in [-0.15, -0.1) is 12.4 Å². The number of halogens is 2. The molecule has 0 aliphatic heterocycles. The van der Waals surface area contributed by atoms with Gasteiger partial charge in [0.25, 0.3) is 0 Å². The van der Waals surface area contributed by atoms with Crippen LogP contribution >= 0.6 is 12.4 Å². The summed E-state index contributed by atoms with van der Waals surface area (Å²) in [5.41, 5.74) is 6.62. The first-order chi connectivity index (χ1) is 7.22. The highest BCUT2D eigenvalue weighted by Gasteiger charge is 2.27. The summed E-state index contributed by atoms with van der Waals surface area (Å²) in [6, 6.07) is 4.73. The van der Waals surface area contributed by atoms with Crippen LogP contribution in [0.4, 0.5) is 4.39 Å². The van der Waals surface area contributed by atoms with E-state index in [1.807, 2.05) is 0 Å². The van der Waals surface area contributed by atoms with Crippen molar-refractivity contribution < 1.29 is 9.13 Å². The van der Waals surface area contributed by atoms with Crippen molar-refractivity contribution in [1.82, 2.24) is 0 Å². The van der Waals surface area contributed by atoms with E-state index in [1.54, 1.807) is 12.1 Å². The Morgan fingerprint density at radius 2 is 2.12 bits per heavy atom. The van der Waals surface area contributed by atoms with Crippen molar-refractivity contribution in [3.05, 3.63) is 29.6 Å². The Morgan fingerprint density at radius 3 is 2.56 bits per heavy atom. The van der Waals surface area contributed by atoms with Gasteiger partial charge in [0, 0.05) is 17.7 Å². The average Bonchev–Trinajstić information content (AvgIpc) is 2.14. The topological polar surface area (TPSA) is 35.2 Å². The Hall–Kier alpha value is -0.800. The smallest absolute Gasteiger partial charge is 0.131 e. The van der Waals surface area contributed by atoms with E-state index in [-0.39, 0.29) is 24.3 Å². The minimum Gasteiger partial charge on any atom is -0.497 e. The van der Waals surface area contributed by atoms with Crippen molar-refractivity contribution in [3.63, 3.8) is 0 Å². The predicted molar refractivity (Wildman–Crippen MR) is 64.5 cm³/mol. The lowest BCUT2D eigenvalue weighted by atomic mass is 9.77. The van der Waals surface area contributed by atoms with Gasteiger partial charge in [0.2, 0.25) is 0 Å². The standard InChI is InChI=1S/C12H16FNO.ClH/c1-15-9-5-6-10(11(13)7-9)12(14)8-3-2-4-8;/h5-8,12H,2-4,14H2,1H3;1H/t12-;/m1./s1. The molecule has 1 saturated carbocycles. The molecule has 0 saturated heterocycles. The third kappa shape index (κ3) is 2.47. The molecule has 2 rings (SSSR count). The summed E-state index contributed by atoms with van der Waals surface area (Å²) in [7, 11) is 1.53. The molecule has 1 aromatic carbocycles. The van der Waals surface area contributed by atoms with Crippen LogP contribution in [0.2, 0.25) is 0 Å². The zero-order valence-electron chi connectivity index (χ0n) is 9.28. The molecule has 1 fully saturated rings. The maximum atomic E-state index is 13.6. The third-order valence-corrected chi connectivity index (χ3v) is 3.22. The second kappa shape index (κ2) is 5.51. The largest absolute Gasteiger partial charge is 0.497 e. The monoisotopic (exact) mass is 245 g/mol. The van der Waals surface area contributed by atoms with E-state index in [1.165, 1.54) is 19.6 Å². The number of benzene rings is 1. The van der Waals surface area contributed by atoms with E-state index in [4.69, 9.17) is 10.5 Å². The number of nitrogens with two attached hydrogens (primary N) is 1. The Bertz CT molecular complexity index is 355. The maximum absolute atomic E-state index is 13.6. The van der Waals surface area contributed by atoms with Crippen LogP contribution in [0.1, 0.15) is 30.9 Å². The van der Waals surface area contributed by atoms with Gasteiger partial charge in [0.05, 0.1) is 7.11 Å². The molecule has 1 aliphatic carbocycles. The van der Waals surface area contributed by atoms with E-state index >= 15 is 0 Å². The molecule has 0 spiro atoms. The summed E-state index contributed by atoms with van der Waals surface area (Å²) >= 11 is 0. The average molecular weight is 246 g/mol. The van der Waals surface area contributed by atoms with Crippen LogP contribution in [0.3, 0.4) is 0 Å². The van der Waals surface area contributed by atoms with Crippen molar-refractivity contribution in [2.24, 2.45) is 11.7 Å². The second-order valence-electron chi connectivity index (χ2n) is 4.10. The van der Waals surface area contributed by atoms with Gasteiger partial charge in [0.1, 0.15) is 11.6 Å². The molecule has 4 heteroatoms. The van der Waals surface area contributed by atoms with Gasteiger partial charge in [-0.3, -0.25) is 0 Å². The van der Waals surface area contributed by atoms with Gasteiger partial charge in [-0.25, -0.2) is 4.39 Å². The number of methoxy groups -OCH3 is 1. The van der Waals surface area contributed by atoms with Crippen LogP contribution in [0.25, 0.3) is 0 Å². The Balaban J connectivity index is 0.00000128. The van der Waals surface area contributed by atoms with Crippen LogP contribution in [-0.4, -0.2) is 7.11 Å². The molecular weight excluding hydrogens is 229 g/mol. The van der Waals surface area contributed by atoms with Crippen LogP contribution in [0, 0.1) is 11.7 Å². The number of rotatable bonds is 3. The fourth-order valence-electron chi connectivity index (χ4n) is 1.96. The molecule has 0 radical (unpaired) electrons. The quantitative estimate of drug-likeness (QED) is 0.888. The summed E-state index contributed by atoms with van der Waals surface area (Å²) in [4.78, 5) is 0. The molecule has 2 nitrogen and oxygen atoms in total. The van der Waals surface area contributed by atoms with Crippen molar-refractivity contribution in [1.29, 1.82) is 0 Å². The molecule has 0 bridgehead atoms. The predicted octanol–water partition coefficient (Wildman–Crippen LogP) is 3.06. The summed E-state index contributed by atoms with van der Waals surface area (Å²) < 4.78 is 18.6. The minimum absolute atomic E-state index is 0. The lowest BCUT2D eigenvalue weighted by molar-refractivity contribution is 0.260. The number of ether oxygens (including phenoxy) is 1. The molecule has 1 aromatic rings. The van der Waals surface area contributed by atoms with Gasteiger partial charge in [-0.05, 0) is 24.8 Å². The zero-order valence-corrected chi connectivity index (χ0v) is 10.1. The first-order valence-electron chi connectivity index (χ1n) is 5.31. The van der Waals surface area contributed by atoms with Gasteiger partial charge in [0.15, 0.2) is 0 Å². The molecular formula is C12H17ClFNO. The van der Waals surface area contributed by atoms with Crippen molar-refractivity contribution in [2.75, 3.05) is 7.11 Å². The molecule has 1 aliphatic rings. The summed E-state index contributed by atoms with van der Waals surface area (Å²) in [6.07, 6.45) is 3.45. The SMILES string of the molecule is COc1ccc([C@H](N)C2CCC2)c(F)c1.Cl. The molecule has 16 heavy (non-hydrogen) atoms. The van der Waals surface area contributed by atoms with E-state index < -0.39 is 0 Å². The molecule has 0 unspecified atom stereocenters. The van der Waals surface area contributed by atoms with Crippen LogP contribution in [0.5, 0.6) is 5.75 Å². The minimum atomic E-state index is -0.256. The Labute approximate surface area is 101 Å². The van der Waals surface area contributed by atoms with Crippen molar-refractivity contribution in [2.45, 2.75) is 25.3 Å². The van der Waals surface area contributed by atoms with Crippen LogP contribution < -0.4 is 10.5 Å². The van der Waals surface area contributed by atoms with Crippen LogP contribution in [-0.2, 0) is 0 Å². The molecule has 0 heterocycles. The number of hydrogen-bond acceptors (Lipinski definition) is 2.